The molecule has 1 amide bonds. The van der Waals surface area contributed by atoms with Gasteiger partial charge < -0.3 is 9.88 Å². The Morgan fingerprint density at radius 2 is 1.68 bits per heavy atom. The molecule has 34 heavy (non-hydrogen) atoms. The molecule has 7 nitrogen and oxygen atoms in total. The van der Waals surface area contributed by atoms with Gasteiger partial charge >= 0.3 is 0 Å². The lowest BCUT2D eigenvalue weighted by Crippen LogP contribution is -2.48. The molecule has 3 aromatic carbocycles. The van der Waals surface area contributed by atoms with Crippen LogP contribution in [0.15, 0.2) is 90.1 Å². The van der Waals surface area contributed by atoms with Gasteiger partial charge in [0.15, 0.2) is 0 Å². The zero-order valence-corrected chi connectivity index (χ0v) is 19.2. The van der Waals surface area contributed by atoms with E-state index in [1.807, 2.05) is 59.2 Å². The second kappa shape index (κ2) is 10.6. The first-order chi connectivity index (χ1) is 16.4. The molecule has 0 saturated carbocycles. The molecule has 2 N–H and O–H groups in total. The van der Waals surface area contributed by atoms with Crippen molar-refractivity contribution in [2.45, 2.75) is 30.3 Å². The van der Waals surface area contributed by atoms with Crippen molar-refractivity contribution >= 4 is 27.0 Å². The number of nitrogens with zero attached hydrogens (tertiary/aromatic N) is 2. The molecule has 0 radical (unpaired) electrons. The predicted octanol–water partition coefficient (Wildman–Crippen LogP) is 3.27. The van der Waals surface area contributed by atoms with Crippen LogP contribution in [0, 0.1) is 5.82 Å². The first-order valence-electron chi connectivity index (χ1n) is 10.9. The first kappa shape index (κ1) is 23.6. The van der Waals surface area contributed by atoms with Crippen LogP contribution in [0.25, 0.3) is 11.0 Å². The highest BCUT2D eigenvalue weighted by molar-refractivity contribution is 7.89. The Kier molecular flexibility index (Phi) is 7.34. The third-order valence-corrected chi connectivity index (χ3v) is 6.93. The second-order valence-corrected chi connectivity index (χ2v) is 9.55. The fourth-order valence-corrected chi connectivity index (χ4v) is 5.00. The monoisotopic (exact) mass is 480 g/mol. The third-order valence-electron chi connectivity index (χ3n) is 5.43. The van der Waals surface area contributed by atoms with Crippen molar-refractivity contribution in [2.24, 2.45) is 0 Å². The van der Waals surface area contributed by atoms with Gasteiger partial charge in [0.2, 0.25) is 15.9 Å². The lowest BCUT2D eigenvalue weighted by molar-refractivity contribution is -0.122. The van der Waals surface area contributed by atoms with Crippen molar-refractivity contribution in [1.82, 2.24) is 19.6 Å². The Hall–Kier alpha value is -3.56. The summed E-state index contributed by atoms with van der Waals surface area (Å²) in [6.07, 6.45) is 2.52. The summed E-state index contributed by atoms with van der Waals surface area (Å²) in [6.45, 7) is 0.989. The number of fused-ring (bicyclic) bond motifs is 1. The number of para-hydroxylation sites is 2. The van der Waals surface area contributed by atoms with Gasteiger partial charge in [-0.15, -0.1) is 0 Å². The van der Waals surface area contributed by atoms with Crippen molar-refractivity contribution in [3.63, 3.8) is 0 Å². The maximum atomic E-state index is 14.1. The van der Waals surface area contributed by atoms with Gasteiger partial charge in [-0.25, -0.2) is 17.8 Å². The number of rotatable bonds is 10. The zero-order chi connectivity index (χ0) is 24.0. The van der Waals surface area contributed by atoms with Crippen LogP contribution < -0.4 is 10.0 Å². The molecular weight excluding hydrogens is 455 g/mol. The Morgan fingerprint density at radius 3 is 2.47 bits per heavy atom. The number of aromatic nitrogens is 2. The average molecular weight is 481 g/mol. The van der Waals surface area contributed by atoms with Crippen LogP contribution in [0.4, 0.5) is 4.39 Å². The van der Waals surface area contributed by atoms with Crippen molar-refractivity contribution in [1.29, 1.82) is 0 Å². The average Bonchev–Trinajstić information content (AvgIpc) is 3.25. The number of aryl methyl sites for hydroxylation is 1. The van der Waals surface area contributed by atoms with Crippen LogP contribution in [-0.4, -0.2) is 36.5 Å². The molecule has 0 spiro atoms. The third kappa shape index (κ3) is 5.67. The summed E-state index contributed by atoms with van der Waals surface area (Å²) in [4.78, 5) is 16.8. The van der Waals surface area contributed by atoms with Crippen LogP contribution in [0.1, 0.15) is 12.0 Å². The number of sulfonamides is 1. The summed E-state index contributed by atoms with van der Waals surface area (Å²) in [7, 11) is -4.24. The summed E-state index contributed by atoms with van der Waals surface area (Å²) in [6, 6.07) is 20.8. The number of amides is 1. The Morgan fingerprint density at radius 1 is 0.971 bits per heavy atom. The Balaban J connectivity index is 1.42. The molecule has 1 aromatic heterocycles. The van der Waals surface area contributed by atoms with Crippen LogP contribution in [-0.2, 0) is 27.8 Å². The van der Waals surface area contributed by atoms with Crippen molar-refractivity contribution < 1.29 is 17.6 Å². The van der Waals surface area contributed by atoms with Crippen LogP contribution in [0.5, 0.6) is 0 Å². The van der Waals surface area contributed by atoms with Gasteiger partial charge in [-0.1, -0.05) is 54.6 Å². The summed E-state index contributed by atoms with van der Waals surface area (Å²) in [5.74, 6) is -1.35. The molecule has 0 bridgehead atoms. The predicted molar refractivity (Wildman–Crippen MR) is 128 cm³/mol. The highest BCUT2D eigenvalue weighted by Gasteiger charge is 2.27. The van der Waals surface area contributed by atoms with Gasteiger partial charge in [0, 0.05) is 13.1 Å². The molecule has 4 aromatic rings. The SMILES string of the molecule is O=C(NCCCn1cnc2ccccc21)C(Cc1ccccc1)NS(=O)(=O)c1ccccc1F. The van der Waals surface area contributed by atoms with Crippen LogP contribution in [0.3, 0.4) is 0 Å². The number of carbonyl (C=O) groups is 1. The van der Waals surface area contributed by atoms with Gasteiger partial charge in [-0.3, -0.25) is 4.79 Å². The van der Waals surface area contributed by atoms with Crippen molar-refractivity contribution in [2.75, 3.05) is 6.54 Å². The number of benzene rings is 3. The minimum atomic E-state index is -4.24. The largest absolute Gasteiger partial charge is 0.355 e. The van der Waals surface area contributed by atoms with Gasteiger partial charge in [0.1, 0.15) is 16.8 Å². The maximum absolute atomic E-state index is 14.1. The van der Waals surface area contributed by atoms with E-state index in [0.717, 1.165) is 22.7 Å². The normalized spacial score (nSPS) is 12.5. The quantitative estimate of drug-likeness (QED) is 0.341. The molecule has 0 fully saturated rings. The first-order valence-corrected chi connectivity index (χ1v) is 12.4. The van der Waals surface area contributed by atoms with Gasteiger partial charge in [-0.05, 0) is 42.7 Å². The van der Waals surface area contributed by atoms with E-state index in [2.05, 4.69) is 15.0 Å². The molecular formula is C25H25FN4O3S. The van der Waals surface area contributed by atoms with Crippen LogP contribution >= 0.6 is 0 Å². The fraction of sp³-hybridized carbons (Fsp3) is 0.200. The summed E-state index contributed by atoms with van der Waals surface area (Å²) >= 11 is 0. The number of carbonyl (C=O) groups excluding carboxylic acids is 1. The number of imidazole rings is 1. The van der Waals surface area contributed by atoms with Crippen molar-refractivity contribution in [3.8, 4) is 0 Å². The molecule has 0 aliphatic rings. The number of hydrogen-bond acceptors (Lipinski definition) is 4. The summed E-state index contributed by atoms with van der Waals surface area (Å²) < 4.78 is 44.2. The molecule has 0 aliphatic carbocycles. The minimum Gasteiger partial charge on any atom is -0.355 e. The standard InChI is InChI=1S/C25H25FN4O3S/c26-20-11-4-7-14-24(20)34(32,33)29-22(17-19-9-2-1-3-10-19)25(31)27-15-8-16-30-18-28-21-12-5-6-13-23(21)30/h1-7,9-14,18,22,29H,8,15-17H2,(H,27,31). The van der Waals surface area contributed by atoms with Gasteiger partial charge in [0.05, 0.1) is 17.4 Å². The summed E-state index contributed by atoms with van der Waals surface area (Å²) in [5, 5.41) is 2.81. The smallest absolute Gasteiger partial charge is 0.244 e. The molecule has 0 aliphatic heterocycles. The number of nitrogens with one attached hydrogen (secondary N) is 2. The zero-order valence-electron chi connectivity index (χ0n) is 18.4. The highest BCUT2D eigenvalue weighted by atomic mass is 32.2. The van der Waals surface area contributed by atoms with Crippen molar-refractivity contribution in [3.05, 3.63) is 96.6 Å². The molecule has 9 heteroatoms. The van der Waals surface area contributed by atoms with Gasteiger partial charge in [0.25, 0.3) is 0 Å². The van der Waals surface area contributed by atoms with E-state index in [4.69, 9.17) is 0 Å². The number of halogens is 1. The van der Waals surface area contributed by atoms with E-state index in [9.17, 15) is 17.6 Å². The molecule has 1 unspecified atom stereocenters. The topological polar surface area (TPSA) is 93.1 Å². The fourth-order valence-electron chi connectivity index (χ4n) is 3.72. The lowest BCUT2D eigenvalue weighted by Gasteiger charge is -2.19. The molecule has 176 valence electrons. The number of hydrogen-bond donors (Lipinski definition) is 2. The van der Waals surface area contributed by atoms with Crippen LogP contribution in [0.2, 0.25) is 0 Å². The maximum Gasteiger partial charge on any atom is 0.244 e. The molecule has 1 heterocycles. The Labute approximate surface area is 197 Å². The second-order valence-electron chi connectivity index (χ2n) is 7.87. The van der Waals surface area contributed by atoms with E-state index in [1.165, 1.54) is 18.2 Å². The molecule has 4 rings (SSSR count). The molecule has 0 saturated heterocycles. The van der Waals surface area contributed by atoms with E-state index < -0.39 is 32.7 Å². The van der Waals surface area contributed by atoms with E-state index in [1.54, 1.807) is 6.33 Å². The van der Waals surface area contributed by atoms with Gasteiger partial charge in [-0.2, -0.15) is 4.72 Å². The minimum absolute atomic E-state index is 0.131. The van der Waals surface area contributed by atoms with E-state index >= 15 is 0 Å². The Bertz CT molecular complexity index is 1370. The summed E-state index contributed by atoms with van der Waals surface area (Å²) in [5.41, 5.74) is 2.69. The van der Waals surface area contributed by atoms with E-state index in [0.29, 0.717) is 19.5 Å². The lowest BCUT2D eigenvalue weighted by atomic mass is 10.1. The highest BCUT2D eigenvalue weighted by Crippen LogP contribution is 2.15. The molecule has 1 atom stereocenters. The van der Waals surface area contributed by atoms with E-state index in [-0.39, 0.29) is 6.42 Å².